The Morgan fingerprint density at radius 1 is 0.618 bits per heavy atom. The summed E-state index contributed by atoms with van der Waals surface area (Å²) < 4.78 is 2.46. The minimum Gasteiger partial charge on any atom is -0.236 e. The number of rotatable bonds is 5. The van der Waals surface area contributed by atoms with Gasteiger partial charge in [-0.1, -0.05) is 85.8 Å². The maximum Gasteiger partial charge on any atom is 0.124 e. The molecular formula is C30H22N2S2. The van der Waals surface area contributed by atoms with Crippen LogP contribution >= 0.6 is 22.7 Å². The number of hydrogen-bond donors (Lipinski definition) is 0. The molecule has 34 heavy (non-hydrogen) atoms. The van der Waals surface area contributed by atoms with E-state index in [1.807, 2.05) is 6.07 Å². The van der Waals surface area contributed by atoms with E-state index in [9.17, 15) is 0 Å². The molecule has 4 aromatic carbocycles. The molecule has 0 aliphatic heterocycles. The Labute approximate surface area is 206 Å². The smallest absolute Gasteiger partial charge is 0.124 e. The van der Waals surface area contributed by atoms with Gasteiger partial charge in [-0.25, -0.2) is 9.97 Å². The highest BCUT2D eigenvalue weighted by molar-refractivity contribution is 7.22. The van der Waals surface area contributed by atoms with Crippen LogP contribution in [0.2, 0.25) is 0 Å². The predicted molar refractivity (Wildman–Crippen MR) is 148 cm³/mol. The van der Waals surface area contributed by atoms with E-state index in [2.05, 4.69) is 104 Å². The van der Waals surface area contributed by atoms with E-state index in [0.717, 1.165) is 38.6 Å². The third-order valence-corrected chi connectivity index (χ3v) is 8.11. The first kappa shape index (κ1) is 21.0. The molecule has 0 fully saturated rings. The number of para-hydroxylation sites is 1. The zero-order valence-corrected chi connectivity index (χ0v) is 20.4. The van der Waals surface area contributed by atoms with Crippen LogP contribution in [-0.4, -0.2) is 9.97 Å². The third-order valence-electron chi connectivity index (χ3n) is 5.94. The monoisotopic (exact) mass is 474 g/mol. The van der Waals surface area contributed by atoms with Crippen LogP contribution in [0.15, 0.2) is 91.0 Å². The second-order valence-electron chi connectivity index (χ2n) is 8.24. The largest absolute Gasteiger partial charge is 0.236 e. The first-order valence-corrected chi connectivity index (χ1v) is 13.0. The van der Waals surface area contributed by atoms with Crippen LogP contribution in [0.25, 0.3) is 53.7 Å². The number of thiazole rings is 2. The molecule has 0 N–H and O–H groups in total. The van der Waals surface area contributed by atoms with E-state index >= 15 is 0 Å². The molecule has 0 saturated carbocycles. The summed E-state index contributed by atoms with van der Waals surface area (Å²) in [5.41, 5.74) is 8.16. The molecule has 4 heteroatoms. The molecule has 0 amide bonds. The Hall–Kier alpha value is -3.60. The van der Waals surface area contributed by atoms with Gasteiger partial charge in [-0.15, -0.1) is 22.7 Å². The normalized spacial score (nSPS) is 11.7. The molecule has 2 nitrogen and oxygen atoms in total. The summed E-state index contributed by atoms with van der Waals surface area (Å²) in [4.78, 5) is 9.62. The first-order valence-electron chi connectivity index (χ1n) is 11.4. The van der Waals surface area contributed by atoms with Crippen LogP contribution in [0.3, 0.4) is 0 Å². The second kappa shape index (κ2) is 8.98. The van der Waals surface area contributed by atoms with Gasteiger partial charge >= 0.3 is 0 Å². The van der Waals surface area contributed by atoms with Crippen molar-refractivity contribution in [2.75, 3.05) is 0 Å². The first-order chi connectivity index (χ1) is 16.7. The Balaban J connectivity index is 1.18. The number of benzene rings is 4. The van der Waals surface area contributed by atoms with Crippen molar-refractivity contribution in [3.63, 3.8) is 0 Å². The van der Waals surface area contributed by atoms with E-state index in [4.69, 9.17) is 9.97 Å². The number of hydrogen-bond acceptors (Lipinski definition) is 4. The lowest BCUT2D eigenvalue weighted by atomic mass is 10.1. The zero-order chi connectivity index (χ0) is 22.9. The van der Waals surface area contributed by atoms with Crippen molar-refractivity contribution in [2.45, 2.75) is 13.3 Å². The van der Waals surface area contributed by atoms with Gasteiger partial charge in [0.25, 0.3) is 0 Å². The fourth-order valence-corrected chi connectivity index (χ4v) is 5.90. The molecular weight excluding hydrogens is 452 g/mol. The Morgan fingerprint density at radius 3 is 1.76 bits per heavy atom. The molecule has 2 heterocycles. The van der Waals surface area contributed by atoms with Gasteiger partial charge < -0.3 is 0 Å². The minimum absolute atomic E-state index is 1.04. The molecule has 0 unspecified atom stereocenters. The van der Waals surface area contributed by atoms with E-state index in [-0.39, 0.29) is 0 Å². The van der Waals surface area contributed by atoms with Crippen molar-refractivity contribution >= 4 is 55.3 Å². The molecule has 0 aliphatic rings. The third kappa shape index (κ3) is 4.18. The molecule has 6 rings (SSSR count). The molecule has 0 aliphatic carbocycles. The van der Waals surface area contributed by atoms with Crippen LogP contribution in [-0.2, 0) is 6.42 Å². The summed E-state index contributed by atoms with van der Waals surface area (Å²) in [7, 11) is 0. The van der Waals surface area contributed by atoms with Crippen LogP contribution in [0.4, 0.5) is 0 Å². The fourth-order valence-electron chi connectivity index (χ4n) is 3.98. The van der Waals surface area contributed by atoms with Crippen molar-refractivity contribution < 1.29 is 0 Å². The standard InChI is InChI=1S/C30H22N2S2/c1-2-20-13-18-28-26(19-20)32-30(34-28)24-16-11-22(12-17-24)8-7-21-9-14-23(15-10-21)29-31-25-5-3-4-6-27(25)33-29/h3-19H,2H2,1H3. The molecule has 6 aromatic rings. The van der Waals surface area contributed by atoms with Crippen molar-refractivity contribution in [3.05, 3.63) is 108 Å². The minimum atomic E-state index is 1.04. The zero-order valence-electron chi connectivity index (χ0n) is 18.7. The lowest BCUT2D eigenvalue weighted by Gasteiger charge is -1.99. The highest BCUT2D eigenvalue weighted by atomic mass is 32.1. The fraction of sp³-hybridized carbons (Fsp3) is 0.0667. The summed E-state index contributed by atoms with van der Waals surface area (Å²) in [6.45, 7) is 2.18. The van der Waals surface area contributed by atoms with Gasteiger partial charge in [0.05, 0.1) is 20.4 Å². The van der Waals surface area contributed by atoms with E-state index in [1.165, 1.54) is 26.1 Å². The SMILES string of the molecule is CCc1ccc2sc(-c3ccc(C=Cc4ccc(-c5nc6ccccc6s5)cc4)cc3)nc2c1. The van der Waals surface area contributed by atoms with Gasteiger partial charge in [0.15, 0.2) is 0 Å². The second-order valence-corrected chi connectivity index (χ2v) is 10.3. The Kier molecular flexibility index (Phi) is 5.54. The Morgan fingerprint density at radius 2 is 1.18 bits per heavy atom. The summed E-state index contributed by atoms with van der Waals surface area (Å²) in [5.74, 6) is 0. The predicted octanol–water partition coefficient (Wildman–Crippen LogP) is 8.97. The summed E-state index contributed by atoms with van der Waals surface area (Å²) >= 11 is 3.49. The van der Waals surface area contributed by atoms with Gasteiger partial charge in [-0.2, -0.15) is 0 Å². The molecule has 0 spiro atoms. The quantitative estimate of drug-likeness (QED) is 0.233. The number of nitrogens with zero attached hydrogens (tertiary/aromatic N) is 2. The lowest BCUT2D eigenvalue weighted by Crippen LogP contribution is -1.80. The topological polar surface area (TPSA) is 25.8 Å². The van der Waals surface area contributed by atoms with Gasteiger partial charge in [0, 0.05) is 11.1 Å². The number of aryl methyl sites for hydroxylation is 1. The van der Waals surface area contributed by atoms with Gasteiger partial charge in [-0.05, 0) is 47.4 Å². The summed E-state index contributed by atoms with van der Waals surface area (Å²) in [5, 5.41) is 2.14. The van der Waals surface area contributed by atoms with Crippen molar-refractivity contribution in [2.24, 2.45) is 0 Å². The van der Waals surface area contributed by atoms with Gasteiger partial charge in [0.2, 0.25) is 0 Å². The van der Waals surface area contributed by atoms with Crippen LogP contribution in [0, 0.1) is 0 Å². The Bertz CT molecular complexity index is 1590. The average molecular weight is 475 g/mol. The molecule has 0 radical (unpaired) electrons. The maximum atomic E-state index is 4.86. The summed E-state index contributed by atoms with van der Waals surface area (Å²) in [6.07, 6.45) is 5.35. The average Bonchev–Trinajstić information content (AvgIpc) is 3.52. The van der Waals surface area contributed by atoms with E-state index < -0.39 is 0 Å². The highest BCUT2D eigenvalue weighted by Crippen LogP contribution is 2.32. The van der Waals surface area contributed by atoms with Gasteiger partial charge in [-0.3, -0.25) is 0 Å². The van der Waals surface area contributed by atoms with Crippen molar-refractivity contribution in [1.82, 2.24) is 9.97 Å². The van der Waals surface area contributed by atoms with Crippen molar-refractivity contribution in [1.29, 1.82) is 0 Å². The molecule has 0 saturated heterocycles. The van der Waals surface area contributed by atoms with E-state index in [0.29, 0.717) is 0 Å². The summed E-state index contributed by atoms with van der Waals surface area (Å²) in [6, 6.07) is 32.1. The maximum absolute atomic E-state index is 4.86. The van der Waals surface area contributed by atoms with Gasteiger partial charge in [0.1, 0.15) is 10.0 Å². The molecule has 0 atom stereocenters. The molecule has 2 aromatic heterocycles. The number of fused-ring (bicyclic) bond motifs is 2. The van der Waals surface area contributed by atoms with Crippen LogP contribution < -0.4 is 0 Å². The highest BCUT2D eigenvalue weighted by Gasteiger charge is 2.07. The lowest BCUT2D eigenvalue weighted by molar-refractivity contribution is 1.14. The van der Waals surface area contributed by atoms with Crippen LogP contribution in [0.1, 0.15) is 23.6 Å². The van der Waals surface area contributed by atoms with E-state index in [1.54, 1.807) is 22.7 Å². The number of aromatic nitrogens is 2. The van der Waals surface area contributed by atoms with Crippen molar-refractivity contribution in [3.8, 4) is 21.1 Å². The molecule has 0 bridgehead atoms. The molecule has 164 valence electrons. The van der Waals surface area contributed by atoms with Crippen LogP contribution in [0.5, 0.6) is 0 Å².